The maximum atomic E-state index is 12.7. The Morgan fingerprint density at radius 3 is 1.95 bits per heavy atom. The van der Waals surface area contributed by atoms with Crippen LogP contribution in [0, 0.1) is 20.8 Å². The molecule has 0 saturated heterocycles. The van der Waals surface area contributed by atoms with Crippen LogP contribution in [0.1, 0.15) is 16.7 Å². The summed E-state index contributed by atoms with van der Waals surface area (Å²) in [6, 6.07) is 7.23. The molecule has 0 bridgehead atoms. The lowest BCUT2D eigenvalue weighted by Gasteiger charge is -2.13. The molecule has 4 nitrogen and oxygen atoms in total. The van der Waals surface area contributed by atoms with Gasteiger partial charge >= 0.3 is 0 Å². The number of hydrogen-bond acceptors (Lipinski definition) is 4. The summed E-state index contributed by atoms with van der Waals surface area (Å²) in [4.78, 5) is -0.00515. The van der Waals surface area contributed by atoms with Gasteiger partial charge in [0.05, 0.1) is 4.90 Å². The molecule has 0 spiro atoms. The third kappa shape index (κ3) is 2.36. The third-order valence-corrected chi connectivity index (χ3v) is 5.22. The first-order valence-electron chi connectivity index (χ1n) is 6.08. The highest BCUT2D eigenvalue weighted by molar-refractivity contribution is 7.91. The van der Waals surface area contributed by atoms with E-state index in [1.54, 1.807) is 26.8 Å². The summed E-state index contributed by atoms with van der Waals surface area (Å²) in [5.74, 6) is -0.246. The number of aryl methyl sites for hydroxylation is 3. The summed E-state index contributed by atoms with van der Waals surface area (Å²) in [5.41, 5.74) is 1.67. The molecule has 0 atom stereocenters. The first kappa shape index (κ1) is 14.4. The predicted octanol–water partition coefficient (Wildman–Crippen LogP) is 2.86. The SMILES string of the molecule is Cc1ccc(S(=O)(=O)c2c(C)cc(O)cc2C)c(O)c1. The van der Waals surface area contributed by atoms with Crippen LogP contribution in [-0.2, 0) is 9.84 Å². The second-order valence-electron chi connectivity index (χ2n) is 4.88. The van der Waals surface area contributed by atoms with Gasteiger partial charge in [-0.3, -0.25) is 0 Å². The minimum atomic E-state index is -3.83. The van der Waals surface area contributed by atoms with E-state index in [2.05, 4.69) is 0 Å². The number of phenolic OH excluding ortho intramolecular Hbond substituents is 2. The number of sulfone groups is 1. The summed E-state index contributed by atoms with van der Waals surface area (Å²) in [6.45, 7) is 5.00. The number of aromatic hydroxyl groups is 2. The fourth-order valence-corrected chi connectivity index (χ4v) is 4.08. The average Bonchev–Trinajstić information content (AvgIpc) is 2.25. The Morgan fingerprint density at radius 2 is 1.45 bits per heavy atom. The summed E-state index contributed by atoms with van der Waals surface area (Å²) in [5, 5.41) is 19.4. The van der Waals surface area contributed by atoms with E-state index >= 15 is 0 Å². The Balaban J connectivity index is 2.74. The molecule has 0 aliphatic rings. The van der Waals surface area contributed by atoms with Crippen LogP contribution in [0.5, 0.6) is 11.5 Å². The van der Waals surface area contributed by atoms with E-state index in [9.17, 15) is 18.6 Å². The second kappa shape index (κ2) is 4.83. The Kier molecular flexibility index (Phi) is 3.48. The van der Waals surface area contributed by atoms with Gasteiger partial charge in [-0.25, -0.2) is 8.42 Å². The van der Waals surface area contributed by atoms with Crippen molar-refractivity contribution in [3.8, 4) is 11.5 Å². The second-order valence-corrected chi connectivity index (χ2v) is 6.74. The van der Waals surface area contributed by atoms with Gasteiger partial charge in [0, 0.05) is 0 Å². The molecule has 106 valence electrons. The van der Waals surface area contributed by atoms with E-state index in [4.69, 9.17) is 0 Å². The van der Waals surface area contributed by atoms with Gasteiger partial charge < -0.3 is 10.2 Å². The fraction of sp³-hybridized carbons (Fsp3) is 0.200. The maximum Gasteiger partial charge on any atom is 0.210 e. The zero-order chi connectivity index (χ0) is 15.1. The van der Waals surface area contributed by atoms with Crippen LogP contribution in [0.25, 0.3) is 0 Å². The van der Waals surface area contributed by atoms with Crippen molar-refractivity contribution in [3.05, 3.63) is 47.0 Å². The topological polar surface area (TPSA) is 74.6 Å². The Morgan fingerprint density at radius 1 is 0.900 bits per heavy atom. The molecule has 5 heteroatoms. The van der Waals surface area contributed by atoms with Gasteiger partial charge in [0.1, 0.15) is 16.4 Å². The molecule has 0 aliphatic heterocycles. The van der Waals surface area contributed by atoms with Crippen molar-refractivity contribution < 1.29 is 18.6 Å². The Bertz CT molecular complexity index is 753. The van der Waals surface area contributed by atoms with Gasteiger partial charge in [0.2, 0.25) is 9.84 Å². The Hall–Kier alpha value is -2.01. The normalized spacial score (nSPS) is 11.6. The van der Waals surface area contributed by atoms with Crippen LogP contribution >= 0.6 is 0 Å². The van der Waals surface area contributed by atoms with Crippen molar-refractivity contribution in [2.24, 2.45) is 0 Å². The van der Waals surface area contributed by atoms with E-state index in [0.717, 1.165) is 5.56 Å². The molecule has 0 aliphatic carbocycles. The average molecular weight is 292 g/mol. The lowest BCUT2D eigenvalue weighted by atomic mass is 10.1. The largest absolute Gasteiger partial charge is 0.508 e. The first-order chi connectivity index (χ1) is 9.23. The van der Waals surface area contributed by atoms with Crippen LogP contribution in [0.15, 0.2) is 40.1 Å². The molecular weight excluding hydrogens is 276 g/mol. The van der Waals surface area contributed by atoms with E-state index in [-0.39, 0.29) is 21.3 Å². The van der Waals surface area contributed by atoms with Gasteiger partial charge in [-0.1, -0.05) is 6.07 Å². The number of benzene rings is 2. The first-order valence-corrected chi connectivity index (χ1v) is 7.56. The van der Waals surface area contributed by atoms with E-state index in [0.29, 0.717) is 11.1 Å². The molecular formula is C15H16O4S. The van der Waals surface area contributed by atoms with Crippen molar-refractivity contribution in [1.29, 1.82) is 0 Å². The highest BCUT2D eigenvalue weighted by Gasteiger charge is 2.25. The smallest absolute Gasteiger partial charge is 0.210 e. The lowest BCUT2D eigenvalue weighted by Crippen LogP contribution is -2.07. The number of rotatable bonds is 2. The van der Waals surface area contributed by atoms with Crippen molar-refractivity contribution in [1.82, 2.24) is 0 Å². The molecule has 2 aromatic rings. The molecule has 0 radical (unpaired) electrons. The summed E-state index contributed by atoms with van der Waals surface area (Å²) in [6.07, 6.45) is 0. The molecule has 2 rings (SSSR count). The van der Waals surface area contributed by atoms with Gasteiger partial charge in [-0.05, 0) is 61.7 Å². The molecule has 0 amide bonds. The van der Waals surface area contributed by atoms with E-state index in [1.807, 2.05) is 0 Å². The van der Waals surface area contributed by atoms with Crippen LogP contribution in [0.3, 0.4) is 0 Å². The van der Waals surface area contributed by atoms with Crippen molar-refractivity contribution >= 4 is 9.84 Å². The number of phenols is 2. The van der Waals surface area contributed by atoms with Gasteiger partial charge in [0.15, 0.2) is 0 Å². The molecule has 0 unspecified atom stereocenters. The zero-order valence-corrected chi connectivity index (χ0v) is 12.3. The highest BCUT2D eigenvalue weighted by Crippen LogP contribution is 2.34. The van der Waals surface area contributed by atoms with Gasteiger partial charge in [0.25, 0.3) is 0 Å². The predicted molar refractivity (Wildman–Crippen MR) is 75.9 cm³/mol. The fourth-order valence-electron chi connectivity index (χ4n) is 2.32. The summed E-state index contributed by atoms with van der Waals surface area (Å²) in [7, 11) is -3.83. The minimum absolute atomic E-state index is 0.0204. The molecule has 0 saturated carbocycles. The molecule has 0 heterocycles. The molecule has 0 fully saturated rings. The monoisotopic (exact) mass is 292 g/mol. The van der Waals surface area contributed by atoms with Crippen LogP contribution in [0.2, 0.25) is 0 Å². The van der Waals surface area contributed by atoms with Crippen LogP contribution in [-0.4, -0.2) is 18.6 Å². The van der Waals surface area contributed by atoms with Gasteiger partial charge in [-0.15, -0.1) is 0 Å². The summed E-state index contributed by atoms with van der Waals surface area (Å²) >= 11 is 0. The minimum Gasteiger partial charge on any atom is -0.508 e. The Labute approximate surface area is 118 Å². The molecule has 0 aromatic heterocycles. The maximum absolute atomic E-state index is 12.7. The molecule has 20 heavy (non-hydrogen) atoms. The lowest BCUT2D eigenvalue weighted by molar-refractivity contribution is 0.458. The van der Waals surface area contributed by atoms with Crippen molar-refractivity contribution in [3.63, 3.8) is 0 Å². The third-order valence-electron chi connectivity index (χ3n) is 3.12. The standard InChI is InChI=1S/C15H16O4S/c1-9-4-5-14(13(17)6-9)20(18,19)15-10(2)7-12(16)8-11(15)3/h4-8,16-17H,1-3H3. The van der Waals surface area contributed by atoms with Gasteiger partial charge in [-0.2, -0.15) is 0 Å². The number of hydrogen-bond donors (Lipinski definition) is 2. The highest BCUT2D eigenvalue weighted by atomic mass is 32.2. The van der Waals surface area contributed by atoms with E-state index < -0.39 is 9.84 Å². The summed E-state index contributed by atoms with van der Waals surface area (Å²) < 4.78 is 25.4. The van der Waals surface area contributed by atoms with Crippen LogP contribution in [0.4, 0.5) is 0 Å². The van der Waals surface area contributed by atoms with Crippen molar-refractivity contribution in [2.45, 2.75) is 30.6 Å². The molecule has 2 aromatic carbocycles. The zero-order valence-electron chi connectivity index (χ0n) is 11.5. The quantitative estimate of drug-likeness (QED) is 0.892. The molecule has 2 N–H and O–H groups in total. The van der Waals surface area contributed by atoms with E-state index in [1.165, 1.54) is 24.3 Å². The van der Waals surface area contributed by atoms with Crippen LogP contribution < -0.4 is 0 Å². The van der Waals surface area contributed by atoms with Crippen molar-refractivity contribution in [2.75, 3.05) is 0 Å².